The van der Waals surface area contributed by atoms with Crippen LogP contribution in [0.15, 0.2) is 6.07 Å². The number of rotatable bonds is 6. The van der Waals surface area contributed by atoms with E-state index in [9.17, 15) is 0 Å². The summed E-state index contributed by atoms with van der Waals surface area (Å²) in [4.78, 5) is 10.8. The van der Waals surface area contributed by atoms with Crippen molar-refractivity contribution in [1.82, 2.24) is 14.9 Å². The predicted octanol–water partition coefficient (Wildman–Crippen LogP) is 1.78. The number of aromatic nitrogens is 2. The van der Waals surface area contributed by atoms with Crippen molar-refractivity contribution in [3.63, 3.8) is 0 Å². The van der Waals surface area contributed by atoms with Crippen molar-refractivity contribution in [2.75, 3.05) is 43.6 Å². The molecule has 1 fully saturated rings. The monoisotopic (exact) mass is 278 g/mol. The topological polar surface area (TPSA) is 79.1 Å². The van der Waals surface area contributed by atoms with Crippen molar-refractivity contribution in [3.8, 4) is 0 Å². The van der Waals surface area contributed by atoms with Gasteiger partial charge in [-0.05, 0) is 33.9 Å². The second-order valence-electron chi connectivity index (χ2n) is 5.71. The summed E-state index contributed by atoms with van der Waals surface area (Å²) in [6, 6.07) is 1.91. The first kappa shape index (κ1) is 14.8. The lowest BCUT2D eigenvalue weighted by Gasteiger charge is -2.36. The third-order valence-corrected chi connectivity index (χ3v) is 4.18. The number of hydrogen-bond donors (Lipinski definition) is 3. The quantitative estimate of drug-likeness (QED) is 0.736. The number of nitrogens with zero attached hydrogens (tertiary/aromatic N) is 3. The van der Waals surface area contributed by atoms with Crippen LogP contribution in [0.25, 0.3) is 0 Å². The number of nitrogens with two attached hydrogens (primary N) is 1. The highest BCUT2D eigenvalue weighted by Crippen LogP contribution is 2.33. The van der Waals surface area contributed by atoms with Crippen LogP contribution in [0.4, 0.5) is 17.6 Å². The van der Waals surface area contributed by atoms with Crippen LogP contribution in [0.5, 0.6) is 0 Å². The molecule has 6 nitrogen and oxygen atoms in total. The molecule has 1 heterocycles. The molecular formula is C14H26N6. The van der Waals surface area contributed by atoms with E-state index in [4.69, 9.17) is 5.73 Å². The third kappa shape index (κ3) is 3.30. The normalized spacial score (nSPS) is 17.4. The van der Waals surface area contributed by atoms with E-state index in [-0.39, 0.29) is 5.54 Å². The molecule has 0 aromatic carbocycles. The smallest absolute Gasteiger partial charge is 0.223 e. The van der Waals surface area contributed by atoms with E-state index in [0.717, 1.165) is 24.7 Å². The first-order chi connectivity index (χ1) is 9.55. The van der Waals surface area contributed by atoms with E-state index in [0.29, 0.717) is 5.95 Å². The number of anilines is 3. The van der Waals surface area contributed by atoms with Gasteiger partial charge in [0.15, 0.2) is 0 Å². The fourth-order valence-corrected chi connectivity index (χ4v) is 2.90. The zero-order valence-corrected chi connectivity index (χ0v) is 12.7. The average molecular weight is 278 g/mol. The number of nitrogen functional groups attached to an aromatic ring is 1. The maximum atomic E-state index is 5.75. The van der Waals surface area contributed by atoms with Crippen LogP contribution < -0.4 is 16.4 Å². The molecule has 0 spiro atoms. The highest BCUT2D eigenvalue weighted by atomic mass is 15.2. The van der Waals surface area contributed by atoms with E-state index in [1.54, 1.807) is 0 Å². The van der Waals surface area contributed by atoms with E-state index < -0.39 is 0 Å². The van der Waals surface area contributed by atoms with Crippen molar-refractivity contribution in [3.05, 3.63) is 6.07 Å². The minimum absolute atomic E-state index is 0.234. The zero-order chi connectivity index (χ0) is 14.6. The van der Waals surface area contributed by atoms with Crippen LogP contribution in [-0.4, -0.2) is 47.6 Å². The zero-order valence-electron chi connectivity index (χ0n) is 12.7. The maximum absolute atomic E-state index is 5.75. The van der Waals surface area contributed by atoms with E-state index in [1.807, 2.05) is 13.0 Å². The minimum Gasteiger partial charge on any atom is -0.370 e. The van der Waals surface area contributed by atoms with Gasteiger partial charge in [-0.1, -0.05) is 12.8 Å². The molecule has 0 aliphatic heterocycles. The Bertz CT molecular complexity index is 439. The summed E-state index contributed by atoms with van der Waals surface area (Å²) >= 11 is 0. The van der Waals surface area contributed by atoms with Gasteiger partial charge in [0, 0.05) is 24.7 Å². The molecule has 1 aliphatic rings. The largest absolute Gasteiger partial charge is 0.370 e. The fourth-order valence-electron chi connectivity index (χ4n) is 2.90. The predicted molar refractivity (Wildman–Crippen MR) is 84.0 cm³/mol. The number of hydrogen-bond acceptors (Lipinski definition) is 6. The van der Waals surface area contributed by atoms with E-state index >= 15 is 0 Å². The van der Waals surface area contributed by atoms with Crippen LogP contribution in [0, 0.1) is 0 Å². The SMILES string of the molecule is CCNc1cc(NCC2(N(C)C)CCCC2)nc(N)n1. The summed E-state index contributed by atoms with van der Waals surface area (Å²) in [6.45, 7) is 3.74. The van der Waals surface area contributed by atoms with Gasteiger partial charge in [-0.2, -0.15) is 9.97 Å². The minimum atomic E-state index is 0.234. The van der Waals surface area contributed by atoms with Crippen LogP contribution in [0.2, 0.25) is 0 Å². The number of likely N-dealkylation sites (N-methyl/N-ethyl adjacent to an activating group) is 1. The summed E-state index contributed by atoms with van der Waals surface area (Å²) in [7, 11) is 4.32. The van der Waals surface area contributed by atoms with E-state index in [1.165, 1.54) is 25.7 Å². The van der Waals surface area contributed by atoms with Crippen molar-refractivity contribution in [1.29, 1.82) is 0 Å². The summed E-state index contributed by atoms with van der Waals surface area (Å²) in [5.74, 6) is 1.87. The Balaban J connectivity index is 2.06. The Kier molecular flexibility index (Phi) is 4.65. The molecule has 6 heteroatoms. The van der Waals surface area contributed by atoms with Gasteiger partial charge in [0.05, 0.1) is 0 Å². The molecular weight excluding hydrogens is 252 g/mol. The molecule has 0 radical (unpaired) electrons. The molecule has 0 bridgehead atoms. The molecule has 0 unspecified atom stereocenters. The van der Waals surface area contributed by atoms with Crippen molar-refractivity contribution in [2.45, 2.75) is 38.1 Å². The van der Waals surface area contributed by atoms with Gasteiger partial charge in [-0.3, -0.25) is 0 Å². The molecule has 0 amide bonds. The molecule has 1 aliphatic carbocycles. The molecule has 1 aromatic heterocycles. The lowest BCUT2D eigenvalue weighted by molar-refractivity contribution is 0.172. The first-order valence-corrected chi connectivity index (χ1v) is 7.35. The van der Waals surface area contributed by atoms with Crippen molar-refractivity contribution in [2.24, 2.45) is 0 Å². The Morgan fingerprint density at radius 2 is 1.80 bits per heavy atom. The van der Waals surface area contributed by atoms with Gasteiger partial charge in [-0.25, -0.2) is 0 Å². The van der Waals surface area contributed by atoms with Gasteiger partial charge in [-0.15, -0.1) is 0 Å². The standard InChI is InChI=1S/C14H26N6/c1-4-16-11-9-12(19-13(15)18-11)17-10-14(20(2)3)7-5-6-8-14/h9H,4-8,10H2,1-3H3,(H4,15,16,17,18,19). The Labute approximate surface area is 121 Å². The van der Waals surface area contributed by atoms with Crippen molar-refractivity contribution >= 4 is 17.6 Å². The fraction of sp³-hybridized carbons (Fsp3) is 0.714. The van der Waals surface area contributed by atoms with Crippen LogP contribution in [0.1, 0.15) is 32.6 Å². The van der Waals surface area contributed by atoms with Gasteiger partial charge in [0.2, 0.25) is 5.95 Å². The molecule has 1 aromatic rings. The average Bonchev–Trinajstić information content (AvgIpc) is 2.86. The van der Waals surface area contributed by atoms with Gasteiger partial charge >= 0.3 is 0 Å². The molecule has 4 N–H and O–H groups in total. The highest BCUT2D eigenvalue weighted by Gasteiger charge is 2.35. The lowest BCUT2D eigenvalue weighted by atomic mass is 9.96. The first-order valence-electron chi connectivity index (χ1n) is 7.35. The Hall–Kier alpha value is -1.56. The second-order valence-corrected chi connectivity index (χ2v) is 5.71. The Morgan fingerprint density at radius 1 is 1.20 bits per heavy atom. The molecule has 2 rings (SSSR count). The van der Waals surface area contributed by atoms with Gasteiger partial charge in [0.25, 0.3) is 0 Å². The molecule has 0 atom stereocenters. The van der Waals surface area contributed by atoms with Gasteiger partial charge < -0.3 is 21.3 Å². The van der Waals surface area contributed by atoms with Crippen LogP contribution in [-0.2, 0) is 0 Å². The maximum Gasteiger partial charge on any atom is 0.223 e. The molecule has 0 saturated heterocycles. The molecule has 20 heavy (non-hydrogen) atoms. The van der Waals surface area contributed by atoms with Crippen molar-refractivity contribution < 1.29 is 0 Å². The summed E-state index contributed by atoms with van der Waals surface area (Å²) in [6.07, 6.45) is 5.06. The van der Waals surface area contributed by atoms with E-state index in [2.05, 4.69) is 39.6 Å². The molecule has 112 valence electrons. The van der Waals surface area contributed by atoms with Crippen LogP contribution in [0.3, 0.4) is 0 Å². The Morgan fingerprint density at radius 3 is 2.35 bits per heavy atom. The second kappa shape index (κ2) is 6.26. The lowest BCUT2D eigenvalue weighted by Crippen LogP contribution is -2.47. The molecule has 1 saturated carbocycles. The summed E-state index contributed by atoms with van der Waals surface area (Å²) in [5, 5.41) is 6.60. The highest BCUT2D eigenvalue weighted by molar-refractivity contribution is 5.51. The third-order valence-electron chi connectivity index (χ3n) is 4.18. The van der Waals surface area contributed by atoms with Gasteiger partial charge in [0.1, 0.15) is 11.6 Å². The summed E-state index contributed by atoms with van der Waals surface area (Å²) < 4.78 is 0. The number of nitrogens with one attached hydrogen (secondary N) is 2. The van der Waals surface area contributed by atoms with Crippen LogP contribution >= 0.6 is 0 Å². The summed E-state index contributed by atoms with van der Waals surface area (Å²) in [5.41, 5.74) is 5.99.